The first-order valence-electron chi connectivity index (χ1n) is 12.6. The van der Waals surface area contributed by atoms with E-state index in [2.05, 4.69) is 28.6 Å². The lowest BCUT2D eigenvalue weighted by molar-refractivity contribution is -0.137. The molecule has 4 fully saturated rings. The molecular weight excluding hydrogens is 441 g/mol. The van der Waals surface area contributed by atoms with Gasteiger partial charge in [-0.15, -0.1) is 0 Å². The van der Waals surface area contributed by atoms with Crippen LogP contribution in [0.4, 0.5) is 19.0 Å². The van der Waals surface area contributed by atoms with Gasteiger partial charge in [-0.1, -0.05) is 0 Å². The molecule has 0 radical (unpaired) electrons. The molecule has 4 heterocycles. The van der Waals surface area contributed by atoms with E-state index < -0.39 is 17.6 Å². The number of pyridine rings is 1. The number of nitrogens with two attached hydrogens (primary N) is 1. The molecule has 2 aliphatic heterocycles. The highest BCUT2D eigenvalue weighted by Crippen LogP contribution is 2.64. The number of hydrogen-bond acceptors (Lipinski definition) is 5. The molecule has 0 amide bonds. The molecule has 2 N–H and O–H groups in total. The van der Waals surface area contributed by atoms with Gasteiger partial charge in [0.15, 0.2) is 0 Å². The van der Waals surface area contributed by atoms with Gasteiger partial charge in [0.1, 0.15) is 5.82 Å². The van der Waals surface area contributed by atoms with Crippen LogP contribution in [0, 0.1) is 11.8 Å². The SMILES string of the molecule is CC(C)n1nc(-c2cnc(N)c(C(F)(F)F)c2)cc1C1[C@H]2CC(N3CCN4CCCC4C3)C[C@@H]12. The van der Waals surface area contributed by atoms with Crippen molar-refractivity contribution in [3.05, 3.63) is 29.6 Å². The van der Waals surface area contributed by atoms with Gasteiger partial charge in [0.2, 0.25) is 0 Å². The van der Waals surface area contributed by atoms with E-state index in [-0.39, 0.29) is 6.04 Å². The number of fused-ring (bicyclic) bond motifs is 2. The number of anilines is 1. The average molecular weight is 475 g/mol. The maximum atomic E-state index is 13.4. The summed E-state index contributed by atoms with van der Waals surface area (Å²) in [4.78, 5) is 9.20. The van der Waals surface area contributed by atoms with Crippen molar-refractivity contribution in [2.24, 2.45) is 11.8 Å². The molecule has 3 unspecified atom stereocenters. The lowest BCUT2D eigenvalue weighted by Crippen LogP contribution is -2.53. The maximum Gasteiger partial charge on any atom is 0.419 e. The molecule has 2 aromatic heterocycles. The Bertz CT molecular complexity index is 1070. The molecule has 6 rings (SSSR count). The van der Waals surface area contributed by atoms with Crippen molar-refractivity contribution >= 4 is 5.82 Å². The fourth-order valence-electron chi connectivity index (χ4n) is 6.95. The first kappa shape index (κ1) is 22.3. The lowest BCUT2D eigenvalue weighted by atomic mass is 10.0. The Kier molecular flexibility index (Phi) is 5.22. The van der Waals surface area contributed by atoms with Crippen LogP contribution in [0.2, 0.25) is 0 Å². The smallest absolute Gasteiger partial charge is 0.383 e. The fraction of sp³-hybridized carbons (Fsp3) is 0.680. The van der Waals surface area contributed by atoms with Crippen LogP contribution in [-0.4, -0.2) is 62.8 Å². The molecule has 0 bridgehead atoms. The Hall–Kier alpha value is -2.13. The number of piperazine rings is 1. The molecule has 184 valence electrons. The van der Waals surface area contributed by atoms with Gasteiger partial charge in [0, 0.05) is 61.1 Å². The number of nitrogens with zero attached hydrogens (tertiary/aromatic N) is 5. The van der Waals surface area contributed by atoms with Crippen LogP contribution in [0.15, 0.2) is 18.3 Å². The van der Waals surface area contributed by atoms with E-state index in [1.165, 1.54) is 58.1 Å². The summed E-state index contributed by atoms with van der Waals surface area (Å²) < 4.78 is 42.1. The minimum absolute atomic E-state index is 0.139. The van der Waals surface area contributed by atoms with E-state index in [4.69, 9.17) is 10.8 Å². The van der Waals surface area contributed by atoms with Crippen molar-refractivity contribution < 1.29 is 13.2 Å². The minimum Gasteiger partial charge on any atom is -0.383 e. The summed E-state index contributed by atoms with van der Waals surface area (Å²) >= 11 is 0. The van der Waals surface area contributed by atoms with Crippen LogP contribution >= 0.6 is 0 Å². The van der Waals surface area contributed by atoms with Crippen LogP contribution in [-0.2, 0) is 6.18 Å². The van der Waals surface area contributed by atoms with Gasteiger partial charge in [-0.2, -0.15) is 18.3 Å². The van der Waals surface area contributed by atoms with Gasteiger partial charge in [-0.05, 0) is 70.0 Å². The Balaban J connectivity index is 1.20. The normalized spacial score (nSPS) is 31.8. The molecule has 6 nitrogen and oxygen atoms in total. The summed E-state index contributed by atoms with van der Waals surface area (Å²) in [7, 11) is 0. The predicted octanol–water partition coefficient (Wildman–Crippen LogP) is 4.40. The van der Waals surface area contributed by atoms with E-state index in [9.17, 15) is 13.2 Å². The molecule has 0 spiro atoms. The molecule has 9 heteroatoms. The second-order valence-electron chi connectivity index (χ2n) is 11.0. The van der Waals surface area contributed by atoms with Crippen molar-refractivity contribution in [2.45, 2.75) is 69.8 Å². The van der Waals surface area contributed by atoms with Crippen molar-refractivity contribution in [1.29, 1.82) is 0 Å². The number of alkyl halides is 3. The molecular formula is C25H33F3N6. The zero-order valence-electron chi connectivity index (χ0n) is 19.8. The first-order chi connectivity index (χ1) is 16.2. The Morgan fingerprint density at radius 1 is 1.03 bits per heavy atom. The lowest BCUT2D eigenvalue weighted by Gasteiger charge is -2.41. The van der Waals surface area contributed by atoms with Gasteiger partial charge >= 0.3 is 6.18 Å². The molecule has 0 aromatic carbocycles. The van der Waals surface area contributed by atoms with E-state index >= 15 is 0 Å². The fourth-order valence-corrected chi connectivity index (χ4v) is 6.95. The molecule has 34 heavy (non-hydrogen) atoms. The molecule has 4 aliphatic rings. The maximum absolute atomic E-state index is 13.4. The monoisotopic (exact) mass is 474 g/mol. The van der Waals surface area contributed by atoms with E-state index in [1.54, 1.807) is 0 Å². The van der Waals surface area contributed by atoms with Crippen molar-refractivity contribution in [3.63, 3.8) is 0 Å². The second kappa shape index (κ2) is 7.95. The Morgan fingerprint density at radius 2 is 1.76 bits per heavy atom. The minimum atomic E-state index is -4.54. The van der Waals surface area contributed by atoms with Crippen molar-refractivity contribution in [1.82, 2.24) is 24.6 Å². The van der Waals surface area contributed by atoms with Crippen LogP contribution in [0.3, 0.4) is 0 Å². The zero-order chi connectivity index (χ0) is 23.8. The number of hydrogen-bond donors (Lipinski definition) is 1. The summed E-state index contributed by atoms with van der Waals surface area (Å²) in [6, 6.07) is 4.63. The van der Waals surface area contributed by atoms with Crippen LogP contribution in [0.5, 0.6) is 0 Å². The third kappa shape index (κ3) is 3.71. The third-order valence-electron chi connectivity index (χ3n) is 8.67. The summed E-state index contributed by atoms with van der Waals surface area (Å²) in [5.74, 6) is 1.27. The van der Waals surface area contributed by atoms with Crippen LogP contribution < -0.4 is 5.73 Å². The molecule has 2 aliphatic carbocycles. The summed E-state index contributed by atoms with van der Waals surface area (Å²) in [6.07, 6.45) is 1.98. The number of rotatable bonds is 4. The van der Waals surface area contributed by atoms with Gasteiger partial charge in [0.25, 0.3) is 0 Å². The van der Waals surface area contributed by atoms with Crippen molar-refractivity contribution in [3.8, 4) is 11.3 Å². The standard InChI is InChI=1S/C25H33F3N6/c1-14(2)34-22(11-21(31-34)15-8-20(25(26,27)28)24(29)30-12-15)23-18-9-17(10-19(18)23)33-7-6-32-5-3-4-16(32)13-33/h8,11-12,14,16-19,23H,3-7,9-10,13H2,1-2H3,(H2,29,30)/t16?,17?,18-,19+,23?. The topological polar surface area (TPSA) is 63.2 Å². The second-order valence-corrected chi connectivity index (χ2v) is 11.0. The highest BCUT2D eigenvalue weighted by atomic mass is 19.4. The molecule has 5 atom stereocenters. The highest BCUT2D eigenvalue weighted by Gasteiger charge is 2.59. The largest absolute Gasteiger partial charge is 0.419 e. The first-order valence-corrected chi connectivity index (χ1v) is 12.6. The Labute approximate surface area is 198 Å². The third-order valence-corrected chi connectivity index (χ3v) is 8.67. The van der Waals surface area contributed by atoms with E-state index in [0.717, 1.165) is 17.8 Å². The molecule has 2 saturated heterocycles. The average Bonchev–Trinajstić information content (AvgIpc) is 3.26. The van der Waals surface area contributed by atoms with Gasteiger partial charge in [-0.25, -0.2) is 4.98 Å². The number of aromatic nitrogens is 3. The molecule has 2 aromatic rings. The van der Waals surface area contributed by atoms with E-state index in [1.807, 2.05) is 10.7 Å². The summed E-state index contributed by atoms with van der Waals surface area (Å²) in [5, 5.41) is 4.72. The van der Waals surface area contributed by atoms with Gasteiger partial charge in [0.05, 0.1) is 11.3 Å². The number of halogens is 3. The molecule has 2 saturated carbocycles. The highest BCUT2D eigenvalue weighted by molar-refractivity contribution is 5.63. The summed E-state index contributed by atoms with van der Waals surface area (Å²) in [6.45, 7) is 9.03. The number of nitrogen functional groups attached to an aromatic ring is 1. The van der Waals surface area contributed by atoms with E-state index in [0.29, 0.717) is 35.1 Å². The van der Waals surface area contributed by atoms with Gasteiger partial charge < -0.3 is 5.73 Å². The van der Waals surface area contributed by atoms with Crippen molar-refractivity contribution in [2.75, 3.05) is 31.9 Å². The predicted molar refractivity (Wildman–Crippen MR) is 124 cm³/mol. The van der Waals surface area contributed by atoms with Crippen LogP contribution in [0.1, 0.15) is 62.7 Å². The summed E-state index contributed by atoms with van der Waals surface area (Å²) in [5.41, 5.74) is 6.65. The Morgan fingerprint density at radius 3 is 2.47 bits per heavy atom. The quantitative estimate of drug-likeness (QED) is 0.712. The van der Waals surface area contributed by atoms with Gasteiger partial charge in [-0.3, -0.25) is 14.5 Å². The zero-order valence-corrected chi connectivity index (χ0v) is 19.8. The van der Waals surface area contributed by atoms with Crippen LogP contribution in [0.25, 0.3) is 11.3 Å².